The second-order valence-corrected chi connectivity index (χ2v) is 5.81. The van der Waals surface area contributed by atoms with Gasteiger partial charge in [0, 0.05) is 4.47 Å². The van der Waals surface area contributed by atoms with E-state index in [-0.39, 0.29) is 5.56 Å². The SMILES string of the molecule is O=C(O)c1ccc2c(c1)nnn2-c1ccc(Br)c(Cl)c1Cl. The summed E-state index contributed by atoms with van der Waals surface area (Å²) < 4.78 is 2.19. The molecule has 0 unspecified atom stereocenters. The number of halogens is 3. The van der Waals surface area contributed by atoms with Gasteiger partial charge in [0.15, 0.2) is 0 Å². The normalized spacial score (nSPS) is 11.0. The summed E-state index contributed by atoms with van der Waals surface area (Å²) in [4.78, 5) is 11.0. The van der Waals surface area contributed by atoms with E-state index < -0.39 is 5.97 Å². The second-order valence-electron chi connectivity index (χ2n) is 4.20. The largest absolute Gasteiger partial charge is 0.478 e. The molecule has 0 aliphatic heterocycles. The minimum atomic E-state index is -1.02. The standard InChI is InChI=1S/C13H6BrCl2N3O2/c14-7-2-4-10(12(16)11(7)15)19-9-3-1-6(13(20)21)5-8(9)17-18-19/h1-5H,(H,20,21). The van der Waals surface area contributed by atoms with Crippen LogP contribution in [0.15, 0.2) is 34.8 Å². The number of benzene rings is 2. The highest BCUT2D eigenvalue weighted by atomic mass is 79.9. The van der Waals surface area contributed by atoms with Gasteiger partial charge in [0.2, 0.25) is 0 Å². The summed E-state index contributed by atoms with van der Waals surface area (Å²) in [6.07, 6.45) is 0. The van der Waals surface area contributed by atoms with Gasteiger partial charge in [0.25, 0.3) is 0 Å². The molecule has 0 saturated heterocycles. The van der Waals surface area contributed by atoms with Crippen molar-refractivity contribution in [1.29, 1.82) is 0 Å². The minimum Gasteiger partial charge on any atom is -0.478 e. The summed E-state index contributed by atoms with van der Waals surface area (Å²) in [5.74, 6) is -1.02. The monoisotopic (exact) mass is 385 g/mol. The fourth-order valence-corrected chi connectivity index (χ4v) is 2.76. The fourth-order valence-electron chi connectivity index (χ4n) is 1.91. The number of aromatic carboxylic acids is 1. The summed E-state index contributed by atoms with van der Waals surface area (Å²) >= 11 is 15.6. The number of rotatable bonds is 2. The molecule has 5 nitrogen and oxygen atoms in total. The molecule has 0 amide bonds. The van der Waals surface area contributed by atoms with E-state index in [1.54, 1.807) is 18.2 Å². The molecule has 0 radical (unpaired) electrons. The quantitative estimate of drug-likeness (QED) is 0.670. The molecule has 0 saturated carbocycles. The van der Waals surface area contributed by atoms with Gasteiger partial charge in [-0.15, -0.1) is 5.10 Å². The summed E-state index contributed by atoms with van der Waals surface area (Å²) in [6, 6.07) is 8.07. The zero-order valence-corrected chi connectivity index (χ0v) is 13.3. The second kappa shape index (κ2) is 5.29. The van der Waals surface area contributed by atoms with Crippen molar-refractivity contribution in [1.82, 2.24) is 15.0 Å². The lowest BCUT2D eigenvalue weighted by Gasteiger charge is -2.07. The first-order valence-corrected chi connectivity index (χ1v) is 7.26. The van der Waals surface area contributed by atoms with Gasteiger partial charge in [-0.05, 0) is 46.3 Å². The van der Waals surface area contributed by atoms with Crippen molar-refractivity contribution < 1.29 is 9.90 Å². The highest BCUT2D eigenvalue weighted by Gasteiger charge is 2.15. The van der Waals surface area contributed by atoms with Gasteiger partial charge in [0.1, 0.15) is 5.52 Å². The van der Waals surface area contributed by atoms with Crippen LogP contribution in [0, 0.1) is 0 Å². The number of hydrogen-bond acceptors (Lipinski definition) is 3. The lowest BCUT2D eigenvalue weighted by molar-refractivity contribution is 0.0697. The maximum Gasteiger partial charge on any atom is 0.335 e. The summed E-state index contributed by atoms with van der Waals surface area (Å²) in [7, 11) is 0. The first-order valence-electron chi connectivity index (χ1n) is 5.71. The number of nitrogens with zero attached hydrogens (tertiary/aromatic N) is 3. The first kappa shape index (κ1) is 14.3. The Kier molecular flexibility index (Phi) is 3.61. The average Bonchev–Trinajstić information content (AvgIpc) is 2.88. The van der Waals surface area contributed by atoms with Gasteiger partial charge in [-0.3, -0.25) is 0 Å². The van der Waals surface area contributed by atoms with Crippen LogP contribution < -0.4 is 0 Å². The Morgan fingerprint density at radius 3 is 2.67 bits per heavy atom. The molecule has 3 rings (SSSR count). The topological polar surface area (TPSA) is 68.0 Å². The Morgan fingerprint density at radius 2 is 1.95 bits per heavy atom. The minimum absolute atomic E-state index is 0.148. The zero-order chi connectivity index (χ0) is 15.1. The van der Waals surface area contributed by atoms with E-state index in [2.05, 4.69) is 26.2 Å². The number of carboxylic acid groups (broad SMARTS) is 1. The number of hydrogen-bond donors (Lipinski definition) is 1. The lowest BCUT2D eigenvalue weighted by Crippen LogP contribution is -1.99. The highest BCUT2D eigenvalue weighted by Crippen LogP contribution is 2.35. The van der Waals surface area contributed by atoms with Gasteiger partial charge >= 0.3 is 5.97 Å². The molecule has 1 heterocycles. The van der Waals surface area contributed by atoms with Crippen molar-refractivity contribution >= 4 is 56.1 Å². The third-order valence-electron chi connectivity index (χ3n) is 2.94. The van der Waals surface area contributed by atoms with Gasteiger partial charge in [0.05, 0.1) is 26.8 Å². The van der Waals surface area contributed by atoms with Crippen molar-refractivity contribution in [3.8, 4) is 5.69 Å². The smallest absolute Gasteiger partial charge is 0.335 e. The van der Waals surface area contributed by atoms with E-state index in [1.165, 1.54) is 16.8 Å². The Balaban J connectivity index is 2.22. The van der Waals surface area contributed by atoms with Gasteiger partial charge in [-0.25, -0.2) is 9.48 Å². The third-order valence-corrected chi connectivity index (χ3v) is 4.70. The van der Waals surface area contributed by atoms with Gasteiger partial charge < -0.3 is 5.11 Å². The number of aromatic nitrogens is 3. The van der Waals surface area contributed by atoms with Crippen LogP contribution in [0.4, 0.5) is 0 Å². The Labute approximate surface area is 137 Å². The average molecular weight is 387 g/mol. The maximum absolute atomic E-state index is 11.0. The molecule has 2 aromatic carbocycles. The Bertz CT molecular complexity index is 879. The third kappa shape index (κ3) is 2.39. The van der Waals surface area contributed by atoms with E-state index in [0.717, 1.165) is 0 Å². The van der Waals surface area contributed by atoms with Crippen LogP contribution >= 0.6 is 39.1 Å². The molecular weight excluding hydrogens is 381 g/mol. The summed E-state index contributed by atoms with van der Waals surface area (Å²) in [6.45, 7) is 0. The molecule has 0 atom stereocenters. The fraction of sp³-hybridized carbons (Fsp3) is 0. The molecule has 8 heteroatoms. The van der Waals surface area contributed by atoms with Crippen LogP contribution in [0.5, 0.6) is 0 Å². The number of carbonyl (C=O) groups is 1. The number of fused-ring (bicyclic) bond motifs is 1. The molecule has 1 N–H and O–H groups in total. The molecule has 3 aromatic rings. The predicted octanol–water partition coefficient (Wildman–Crippen LogP) is 4.19. The lowest BCUT2D eigenvalue weighted by atomic mass is 10.2. The predicted molar refractivity (Wildman–Crippen MR) is 83.5 cm³/mol. The van der Waals surface area contributed by atoms with Gasteiger partial charge in [-0.2, -0.15) is 0 Å². The van der Waals surface area contributed by atoms with E-state index >= 15 is 0 Å². The van der Waals surface area contributed by atoms with Crippen molar-refractivity contribution in [3.05, 3.63) is 50.4 Å². The molecule has 1 aromatic heterocycles. The van der Waals surface area contributed by atoms with Crippen molar-refractivity contribution in [3.63, 3.8) is 0 Å². The summed E-state index contributed by atoms with van der Waals surface area (Å²) in [5.41, 5.74) is 1.82. The summed E-state index contributed by atoms with van der Waals surface area (Å²) in [5, 5.41) is 17.7. The van der Waals surface area contributed by atoms with E-state index in [0.29, 0.717) is 31.2 Å². The Morgan fingerprint density at radius 1 is 1.19 bits per heavy atom. The van der Waals surface area contributed by atoms with Crippen LogP contribution in [-0.4, -0.2) is 26.1 Å². The molecule has 21 heavy (non-hydrogen) atoms. The van der Waals surface area contributed by atoms with Crippen molar-refractivity contribution in [2.45, 2.75) is 0 Å². The molecule has 0 aliphatic rings. The van der Waals surface area contributed by atoms with E-state index in [1.807, 2.05) is 0 Å². The van der Waals surface area contributed by atoms with Crippen LogP contribution in [0.3, 0.4) is 0 Å². The molecule has 0 spiro atoms. The Hall–Kier alpha value is -1.63. The van der Waals surface area contributed by atoms with E-state index in [4.69, 9.17) is 28.3 Å². The van der Waals surface area contributed by atoms with Crippen LogP contribution in [-0.2, 0) is 0 Å². The van der Waals surface area contributed by atoms with Crippen molar-refractivity contribution in [2.75, 3.05) is 0 Å². The van der Waals surface area contributed by atoms with Gasteiger partial charge in [-0.1, -0.05) is 28.4 Å². The molecule has 106 valence electrons. The molecular formula is C13H6BrCl2N3O2. The van der Waals surface area contributed by atoms with Crippen LogP contribution in [0.25, 0.3) is 16.7 Å². The zero-order valence-electron chi connectivity index (χ0n) is 10.2. The van der Waals surface area contributed by atoms with Crippen LogP contribution in [0.1, 0.15) is 10.4 Å². The molecule has 0 bridgehead atoms. The maximum atomic E-state index is 11.0. The van der Waals surface area contributed by atoms with Crippen LogP contribution in [0.2, 0.25) is 10.0 Å². The molecule has 0 fully saturated rings. The highest BCUT2D eigenvalue weighted by molar-refractivity contribution is 9.10. The molecule has 0 aliphatic carbocycles. The number of carboxylic acids is 1. The van der Waals surface area contributed by atoms with E-state index in [9.17, 15) is 4.79 Å². The van der Waals surface area contributed by atoms with Crippen molar-refractivity contribution in [2.24, 2.45) is 0 Å². The first-order chi connectivity index (χ1) is 9.99.